The van der Waals surface area contributed by atoms with Gasteiger partial charge in [-0.25, -0.2) is 14.4 Å². The van der Waals surface area contributed by atoms with E-state index in [0.717, 1.165) is 65.2 Å². The molecule has 2 N–H and O–H groups in total. The normalized spacial score (nSPS) is 23.4. The third kappa shape index (κ3) is 3.33. The Morgan fingerprint density at radius 1 is 1.12 bits per heavy atom. The Bertz CT molecular complexity index is 1330. The second-order valence-electron chi connectivity index (χ2n) is 9.16. The zero-order valence-corrected chi connectivity index (χ0v) is 19.0. The summed E-state index contributed by atoms with van der Waals surface area (Å²) in [5.41, 5.74) is 2.42. The van der Waals surface area contributed by atoms with Crippen LogP contribution in [0, 0.1) is 5.82 Å². The molecule has 0 aliphatic carbocycles. The van der Waals surface area contributed by atoms with Crippen LogP contribution < -0.4 is 10.2 Å². The maximum atomic E-state index is 14.4. The van der Waals surface area contributed by atoms with Crippen molar-refractivity contribution in [1.29, 1.82) is 0 Å². The van der Waals surface area contributed by atoms with Crippen molar-refractivity contribution in [3.05, 3.63) is 41.2 Å². The number of hydrogen-bond acceptors (Lipinski definition) is 7. The van der Waals surface area contributed by atoms with Gasteiger partial charge in [0.1, 0.15) is 5.82 Å². The summed E-state index contributed by atoms with van der Waals surface area (Å²) in [6, 6.07) is 8.52. The van der Waals surface area contributed by atoms with Crippen molar-refractivity contribution in [3.63, 3.8) is 0 Å². The molecule has 3 aliphatic heterocycles. The zero-order valence-electron chi connectivity index (χ0n) is 18.2. The number of halogens is 1. The fraction of sp³-hybridized carbons (Fsp3) is 0.417. The molecule has 2 unspecified atom stereocenters. The van der Waals surface area contributed by atoms with Gasteiger partial charge in [0, 0.05) is 72.3 Å². The van der Waals surface area contributed by atoms with Crippen molar-refractivity contribution in [1.82, 2.24) is 25.2 Å². The fourth-order valence-electron chi connectivity index (χ4n) is 5.47. The fourth-order valence-corrected chi connectivity index (χ4v) is 6.59. The number of morpholine rings is 1. The molecule has 0 spiro atoms. The van der Waals surface area contributed by atoms with Gasteiger partial charge >= 0.3 is 0 Å². The van der Waals surface area contributed by atoms with E-state index in [0.29, 0.717) is 31.1 Å². The maximum Gasteiger partial charge on any atom is 0.163 e. The molecule has 4 aromatic rings. The first-order valence-electron chi connectivity index (χ1n) is 11.6. The van der Waals surface area contributed by atoms with Crippen molar-refractivity contribution in [2.75, 3.05) is 44.3 Å². The first-order valence-corrected chi connectivity index (χ1v) is 12.4. The Morgan fingerprint density at radius 3 is 2.79 bits per heavy atom. The van der Waals surface area contributed by atoms with Crippen LogP contribution in [0.2, 0.25) is 0 Å². The number of nitrogens with one attached hydrogen (secondary N) is 2. The van der Waals surface area contributed by atoms with Gasteiger partial charge in [0.25, 0.3) is 0 Å². The van der Waals surface area contributed by atoms with E-state index < -0.39 is 0 Å². The molecule has 3 fully saturated rings. The minimum absolute atomic E-state index is 0.291. The summed E-state index contributed by atoms with van der Waals surface area (Å²) in [5.74, 6) is 1.22. The lowest BCUT2D eigenvalue weighted by atomic mass is 9.89. The van der Waals surface area contributed by atoms with Crippen molar-refractivity contribution < 1.29 is 9.13 Å². The summed E-state index contributed by atoms with van der Waals surface area (Å²) in [5, 5.41) is 4.44. The van der Waals surface area contributed by atoms with Gasteiger partial charge in [0.15, 0.2) is 11.6 Å². The molecule has 0 amide bonds. The summed E-state index contributed by atoms with van der Waals surface area (Å²) in [4.78, 5) is 19.3. The molecule has 9 heteroatoms. The number of nitrogens with zero attached hydrogens (tertiary/aromatic N) is 4. The van der Waals surface area contributed by atoms with Crippen LogP contribution in [-0.4, -0.2) is 71.3 Å². The van der Waals surface area contributed by atoms with Crippen LogP contribution in [-0.2, 0) is 11.3 Å². The number of piperazine rings is 1. The van der Waals surface area contributed by atoms with E-state index >= 15 is 0 Å². The smallest absolute Gasteiger partial charge is 0.163 e. The van der Waals surface area contributed by atoms with Gasteiger partial charge in [0.05, 0.1) is 23.4 Å². The Morgan fingerprint density at radius 2 is 1.97 bits per heavy atom. The van der Waals surface area contributed by atoms with Gasteiger partial charge in [-0.05, 0) is 30.7 Å². The average Bonchev–Trinajstić information content (AvgIpc) is 3.49. The highest BCUT2D eigenvalue weighted by Gasteiger charge is 2.41. The highest BCUT2D eigenvalue weighted by atomic mass is 32.1. The minimum atomic E-state index is -0.291. The first-order chi connectivity index (χ1) is 16.2. The number of H-pyrrole nitrogens is 1. The number of aromatic nitrogens is 3. The molecule has 0 saturated carbocycles. The topological polar surface area (TPSA) is 69.3 Å². The minimum Gasteiger partial charge on any atom is -0.378 e. The Kier molecular flexibility index (Phi) is 4.65. The predicted octanol–water partition coefficient (Wildman–Crippen LogP) is 3.36. The van der Waals surface area contributed by atoms with Gasteiger partial charge in [-0.15, -0.1) is 11.3 Å². The summed E-state index contributed by atoms with van der Waals surface area (Å²) in [7, 11) is 0. The van der Waals surface area contributed by atoms with E-state index in [1.807, 2.05) is 12.3 Å². The standard InChI is InChI=1S/C24H25FN6OS/c25-14-7-19(18-1-2-27-20(18)8-14)23-28-21-10-17(13-31-15-9-16(31)12-26-11-15)33-22(21)24(29-23)30-3-5-32-6-4-30/h1-2,7-8,10,15-16,26-27H,3-6,9,11-13H2. The molecule has 3 saturated heterocycles. The third-order valence-corrected chi connectivity index (χ3v) is 8.28. The second kappa shape index (κ2) is 7.73. The monoisotopic (exact) mass is 464 g/mol. The van der Waals surface area contributed by atoms with Gasteiger partial charge in [-0.2, -0.15) is 0 Å². The first kappa shape index (κ1) is 19.8. The quantitative estimate of drug-likeness (QED) is 0.483. The highest BCUT2D eigenvalue weighted by Crippen LogP contribution is 2.38. The van der Waals surface area contributed by atoms with Gasteiger partial charge < -0.3 is 19.9 Å². The van der Waals surface area contributed by atoms with Crippen molar-refractivity contribution in [2.45, 2.75) is 25.0 Å². The summed E-state index contributed by atoms with van der Waals surface area (Å²) in [6.45, 7) is 6.08. The van der Waals surface area contributed by atoms with Crippen LogP contribution in [0.25, 0.3) is 32.5 Å². The lowest BCUT2D eigenvalue weighted by molar-refractivity contribution is -0.0198. The van der Waals surface area contributed by atoms with Crippen LogP contribution in [0.3, 0.4) is 0 Å². The van der Waals surface area contributed by atoms with Gasteiger partial charge in [0.2, 0.25) is 0 Å². The molecule has 3 aliphatic rings. The van der Waals surface area contributed by atoms with Crippen LogP contribution >= 0.6 is 11.3 Å². The molecule has 170 valence electrons. The molecule has 6 heterocycles. The Labute approximate surface area is 194 Å². The molecule has 33 heavy (non-hydrogen) atoms. The number of fused-ring (bicyclic) bond motifs is 4. The van der Waals surface area contributed by atoms with Crippen molar-refractivity contribution >= 4 is 38.3 Å². The average molecular weight is 465 g/mol. The maximum absolute atomic E-state index is 14.4. The molecular formula is C24H25FN6OS. The van der Waals surface area contributed by atoms with Gasteiger partial charge in [-0.3, -0.25) is 4.90 Å². The molecule has 0 radical (unpaired) electrons. The SMILES string of the molecule is Fc1cc(-c2nc(N3CCOCC3)c3sc(CN4C5CNCC4C5)cc3n2)c2cc[nH]c2c1. The summed E-state index contributed by atoms with van der Waals surface area (Å²) in [6.07, 6.45) is 3.13. The van der Waals surface area contributed by atoms with Crippen LogP contribution in [0.5, 0.6) is 0 Å². The summed E-state index contributed by atoms with van der Waals surface area (Å²) >= 11 is 1.80. The number of thiophene rings is 1. The molecule has 3 aromatic heterocycles. The number of piperidine rings is 1. The van der Waals surface area contributed by atoms with E-state index in [4.69, 9.17) is 14.7 Å². The number of anilines is 1. The van der Waals surface area contributed by atoms with Crippen LogP contribution in [0.15, 0.2) is 30.5 Å². The Balaban J connectivity index is 1.35. The lowest BCUT2D eigenvalue weighted by Crippen LogP contribution is -2.67. The lowest BCUT2D eigenvalue weighted by Gasteiger charge is -2.53. The number of rotatable bonds is 4. The number of ether oxygens (including phenoxy) is 1. The second-order valence-corrected chi connectivity index (χ2v) is 10.3. The third-order valence-electron chi connectivity index (χ3n) is 7.17. The molecule has 7 rings (SSSR count). The highest BCUT2D eigenvalue weighted by molar-refractivity contribution is 7.19. The molecule has 2 bridgehead atoms. The number of aromatic amines is 1. The Hall–Kier alpha value is -2.59. The molecule has 2 atom stereocenters. The molecular weight excluding hydrogens is 439 g/mol. The van der Waals surface area contributed by atoms with Crippen LogP contribution in [0.4, 0.5) is 10.2 Å². The zero-order chi connectivity index (χ0) is 21.9. The molecule has 7 nitrogen and oxygen atoms in total. The van der Waals surface area contributed by atoms with Crippen molar-refractivity contribution in [3.8, 4) is 11.4 Å². The van der Waals surface area contributed by atoms with E-state index in [9.17, 15) is 4.39 Å². The number of hydrogen-bond donors (Lipinski definition) is 2. The predicted molar refractivity (Wildman–Crippen MR) is 128 cm³/mol. The molecule has 1 aromatic carbocycles. The summed E-state index contributed by atoms with van der Waals surface area (Å²) < 4.78 is 21.1. The van der Waals surface area contributed by atoms with E-state index in [1.54, 1.807) is 17.4 Å². The van der Waals surface area contributed by atoms with Crippen molar-refractivity contribution in [2.24, 2.45) is 0 Å². The van der Waals surface area contributed by atoms with Gasteiger partial charge in [-0.1, -0.05) is 0 Å². The van der Waals surface area contributed by atoms with E-state index in [-0.39, 0.29) is 5.82 Å². The number of benzene rings is 1. The van der Waals surface area contributed by atoms with E-state index in [2.05, 4.69) is 26.2 Å². The van der Waals surface area contributed by atoms with E-state index in [1.165, 1.54) is 17.4 Å². The van der Waals surface area contributed by atoms with Crippen LogP contribution in [0.1, 0.15) is 11.3 Å². The largest absolute Gasteiger partial charge is 0.378 e.